The molecule has 0 aliphatic carbocycles. The standard InChI is InChI=1S/C64H107O11P/c1-4-7-10-13-16-19-22-25-28-29-30-31-34-35-38-41-44-47-50-53-62(66)71-57-61(75-64(68)55-52-49-46-43-40-37-33-27-24-21-18-15-12-9-6-3)59-73-76(69,70)72-58-60(56-65)74-63(67)54-51-48-45-42-39-36-32-26-23-20-17-14-11-8-5-2/h7,9-10,12,16-21,25-28,30-33,60-61,65H,4-6,8,11,13-15,22-24,29,34-59H2,1-3H3,(H,69,70)/b10-7-,12-9-,19-16-,20-17-,21-18-,28-25-,31-30-,32-26-,33-27-. The monoisotopic (exact) mass is 1080 g/mol. The molecular weight excluding hydrogens is 976 g/mol. The van der Waals surface area contributed by atoms with Gasteiger partial charge in [0.05, 0.1) is 19.8 Å². The number of unbranched alkanes of at least 4 members (excludes halogenated alkanes) is 19. The molecule has 0 aromatic rings. The minimum Gasteiger partial charge on any atom is -0.462 e. The first kappa shape index (κ1) is 72.1. The number of carbonyl (C=O) groups excluding carboxylic acids is 3. The van der Waals surface area contributed by atoms with Gasteiger partial charge in [0, 0.05) is 19.3 Å². The van der Waals surface area contributed by atoms with Gasteiger partial charge in [-0.15, -0.1) is 0 Å². The summed E-state index contributed by atoms with van der Waals surface area (Å²) in [7, 11) is -4.77. The summed E-state index contributed by atoms with van der Waals surface area (Å²) in [6.07, 6.45) is 68.9. The molecule has 0 amide bonds. The molecule has 11 nitrogen and oxygen atoms in total. The van der Waals surface area contributed by atoms with Crippen LogP contribution in [0.3, 0.4) is 0 Å². The first-order valence-corrected chi connectivity index (χ1v) is 31.3. The summed E-state index contributed by atoms with van der Waals surface area (Å²) < 4.78 is 39.5. The van der Waals surface area contributed by atoms with Crippen LogP contribution < -0.4 is 0 Å². The molecule has 0 rings (SSSR count). The maximum atomic E-state index is 12.9. The normalized spacial score (nSPS) is 14.1. The molecule has 0 aliphatic heterocycles. The van der Waals surface area contributed by atoms with Gasteiger partial charge in [0.1, 0.15) is 12.7 Å². The lowest BCUT2D eigenvalue weighted by molar-refractivity contribution is -0.161. The van der Waals surface area contributed by atoms with E-state index in [0.717, 1.165) is 161 Å². The number of ether oxygens (including phenoxy) is 3. The molecule has 0 radical (unpaired) electrons. The maximum Gasteiger partial charge on any atom is 0.472 e. The molecule has 0 saturated carbocycles. The minimum absolute atomic E-state index is 0.138. The van der Waals surface area contributed by atoms with Crippen LogP contribution in [0.2, 0.25) is 0 Å². The third-order valence-corrected chi connectivity index (χ3v) is 13.1. The molecule has 0 fully saturated rings. The summed E-state index contributed by atoms with van der Waals surface area (Å²) in [5, 5.41) is 9.82. The second kappa shape index (κ2) is 57.3. The number of aliphatic hydroxyl groups excluding tert-OH is 1. The van der Waals surface area contributed by atoms with Gasteiger partial charge in [-0.1, -0.05) is 207 Å². The number of carbonyl (C=O) groups is 3. The third kappa shape index (κ3) is 54.9. The van der Waals surface area contributed by atoms with Crippen LogP contribution in [0.4, 0.5) is 0 Å². The third-order valence-electron chi connectivity index (χ3n) is 12.2. The Bertz CT molecular complexity index is 1690. The van der Waals surface area contributed by atoms with Gasteiger partial charge in [-0.05, 0) is 122 Å². The molecular formula is C64H107O11P. The Labute approximate surface area is 463 Å². The maximum absolute atomic E-state index is 12.9. The van der Waals surface area contributed by atoms with E-state index in [-0.39, 0.29) is 25.9 Å². The Morgan fingerprint density at radius 3 is 1.05 bits per heavy atom. The summed E-state index contributed by atoms with van der Waals surface area (Å²) in [6.45, 7) is 4.34. The van der Waals surface area contributed by atoms with Crippen molar-refractivity contribution in [1.82, 2.24) is 0 Å². The van der Waals surface area contributed by atoms with Crippen molar-refractivity contribution in [2.24, 2.45) is 0 Å². The predicted octanol–water partition coefficient (Wildman–Crippen LogP) is 17.8. The topological polar surface area (TPSA) is 155 Å². The van der Waals surface area contributed by atoms with Crippen LogP contribution in [0.15, 0.2) is 109 Å². The van der Waals surface area contributed by atoms with E-state index < -0.39 is 57.8 Å². The molecule has 0 spiro atoms. The predicted molar refractivity (Wildman–Crippen MR) is 316 cm³/mol. The lowest BCUT2D eigenvalue weighted by Crippen LogP contribution is -2.30. The average Bonchev–Trinajstić information content (AvgIpc) is 3.41. The van der Waals surface area contributed by atoms with E-state index in [1.807, 2.05) is 0 Å². The summed E-state index contributed by atoms with van der Waals surface area (Å²) in [5.41, 5.74) is 0. The largest absolute Gasteiger partial charge is 0.472 e. The van der Waals surface area contributed by atoms with E-state index in [0.29, 0.717) is 19.3 Å². The second-order valence-electron chi connectivity index (χ2n) is 19.4. The number of hydrogen-bond donors (Lipinski definition) is 2. The SMILES string of the molecule is CC/C=C\C/C=C\C/C=C\C/C=C\CCCCCCCCC(=O)OCC(COP(=O)(O)OCC(CO)OC(=O)CCCCCCC/C=C\C/C=C\CCCCC)OC(=O)CCCCCCC/C=C\C/C=C\C/C=C\CC. The number of hydrogen-bond acceptors (Lipinski definition) is 10. The highest BCUT2D eigenvalue weighted by Crippen LogP contribution is 2.43. The highest BCUT2D eigenvalue weighted by atomic mass is 31.2. The van der Waals surface area contributed by atoms with Crippen molar-refractivity contribution in [3.05, 3.63) is 109 Å². The van der Waals surface area contributed by atoms with Crippen LogP contribution in [-0.2, 0) is 42.2 Å². The number of esters is 3. The van der Waals surface area contributed by atoms with Gasteiger partial charge in [-0.25, -0.2) is 4.57 Å². The fraction of sp³-hybridized carbons (Fsp3) is 0.672. The number of phosphoric acid groups is 1. The summed E-state index contributed by atoms with van der Waals surface area (Å²) >= 11 is 0. The smallest absolute Gasteiger partial charge is 0.462 e. The second-order valence-corrected chi connectivity index (χ2v) is 20.8. The Balaban J connectivity index is 4.78. The van der Waals surface area contributed by atoms with Gasteiger partial charge < -0.3 is 24.2 Å². The van der Waals surface area contributed by atoms with Crippen LogP contribution >= 0.6 is 7.82 Å². The van der Waals surface area contributed by atoms with Gasteiger partial charge in [0.25, 0.3) is 0 Å². The highest BCUT2D eigenvalue weighted by Gasteiger charge is 2.28. The van der Waals surface area contributed by atoms with Gasteiger partial charge in [0.2, 0.25) is 0 Å². The molecule has 0 heterocycles. The van der Waals surface area contributed by atoms with Crippen molar-refractivity contribution >= 4 is 25.7 Å². The van der Waals surface area contributed by atoms with E-state index in [1.165, 1.54) is 19.3 Å². The number of allylic oxidation sites excluding steroid dienone is 18. The van der Waals surface area contributed by atoms with Crippen LogP contribution in [0.25, 0.3) is 0 Å². The van der Waals surface area contributed by atoms with Crippen LogP contribution in [0, 0.1) is 0 Å². The average molecular weight is 1080 g/mol. The van der Waals surface area contributed by atoms with Crippen molar-refractivity contribution < 1.29 is 52.2 Å². The van der Waals surface area contributed by atoms with Crippen molar-refractivity contribution in [3.8, 4) is 0 Å². The molecule has 3 atom stereocenters. The van der Waals surface area contributed by atoms with Crippen molar-refractivity contribution in [3.63, 3.8) is 0 Å². The fourth-order valence-electron chi connectivity index (χ4n) is 7.69. The van der Waals surface area contributed by atoms with Crippen LogP contribution in [-0.4, -0.2) is 66.5 Å². The number of phosphoric ester groups is 1. The molecule has 0 saturated heterocycles. The lowest BCUT2D eigenvalue weighted by Gasteiger charge is -2.21. The summed E-state index contributed by atoms with van der Waals surface area (Å²) in [5.74, 6) is -1.52. The van der Waals surface area contributed by atoms with Crippen molar-refractivity contribution in [2.75, 3.05) is 26.4 Å². The molecule has 0 aromatic carbocycles. The van der Waals surface area contributed by atoms with E-state index >= 15 is 0 Å². The molecule has 434 valence electrons. The molecule has 0 aliphatic rings. The Kier molecular flexibility index (Phi) is 54.4. The molecule has 0 aromatic heterocycles. The van der Waals surface area contributed by atoms with Crippen LogP contribution in [0.5, 0.6) is 0 Å². The lowest BCUT2D eigenvalue weighted by atomic mass is 10.1. The van der Waals surface area contributed by atoms with E-state index in [1.54, 1.807) is 0 Å². The van der Waals surface area contributed by atoms with Gasteiger partial charge >= 0.3 is 25.7 Å². The molecule has 2 N–H and O–H groups in total. The summed E-state index contributed by atoms with van der Waals surface area (Å²) in [4.78, 5) is 48.6. The molecule has 12 heteroatoms. The quantitative estimate of drug-likeness (QED) is 0.0197. The molecule has 76 heavy (non-hydrogen) atoms. The zero-order chi connectivity index (χ0) is 55.5. The zero-order valence-corrected chi connectivity index (χ0v) is 48.8. The van der Waals surface area contributed by atoms with Crippen molar-refractivity contribution in [2.45, 2.75) is 251 Å². The van der Waals surface area contributed by atoms with Crippen LogP contribution in [0.1, 0.15) is 239 Å². The van der Waals surface area contributed by atoms with Crippen molar-refractivity contribution in [1.29, 1.82) is 0 Å². The Morgan fingerprint density at radius 2 is 0.684 bits per heavy atom. The Morgan fingerprint density at radius 1 is 0.382 bits per heavy atom. The van der Waals surface area contributed by atoms with Gasteiger partial charge in [-0.2, -0.15) is 0 Å². The molecule has 3 unspecified atom stereocenters. The van der Waals surface area contributed by atoms with Gasteiger partial charge in [-0.3, -0.25) is 23.4 Å². The Hall–Kier alpha value is -3.86. The first-order chi connectivity index (χ1) is 37.2. The highest BCUT2D eigenvalue weighted by molar-refractivity contribution is 7.47. The van der Waals surface area contributed by atoms with Gasteiger partial charge in [0.15, 0.2) is 6.10 Å². The van der Waals surface area contributed by atoms with E-state index in [2.05, 4.69) is 130 Å². The minimum atomic E-state index is -4.77. The first-order valence-electron chi connectivity index (χ1n) is 29.8. The number of aliphatic hydroxyl groups is 1. The number of rotatable bonds is 54. The molecule has 0 bridgehead atoms. The summed E-state index contributed by atoms with van der Waals surface area (Å²) in [6, 6.07) is 0. The fourth-order valence-corrected chi connectivity index (χ4v) is 8.47. The zero-order valence-electron chi connectivity index (χ0n) is 47.9. The van der Waals surface area contributed by atoms with E-state index in [4.69, 9.17) is 23.3 Å². The van der Waals surface area contributed by atoms with E-state index in [9.17, 15) is 28.9 Å².